The summed E-state index contributed by atoms with van der Waals surface area (Å²) < 4.78 is 0. The highest BCUT2D eigenvalue weighted by Crippen LogP contribution is 2.33. The van der Waals surface area contributed by atoms with Crippen molar-refractivity contribution in [2.75, 3.05) is 34.2 Å². The summed E-state index contributed by atoms with van der Waals surface area (Å²) in [6.45, 7) is 1.75. The molecule has 3 unspecified atom stereocenters. The maximum Gasteiger partial charge on any atom is 0.239 e. The zero-order chi connectivity index (χ0) is 13.1. The molecule has 0 aromatic carbocycles. The molecule has 4 heteroatoms. The van der Waals surface area contributed by atoms with Gasteiger partial charge >= 0.3 is 0 Å². The summed E-state index contributed by atoms with van der Waals surface area (Å²) in [5.74, 6) is 1.03. The van der Waals surface area contributed by atoms with Crippen molar-refractivity contribution in [2.45, 2.75) is 44.2 Å². The van der Waals surface area contributed by atoms with Crippen LogP contribution in [0.5, 0.6) is 0 Å². The van der Waals surface area contributed by atoms with Crippen LogP contribution in [0.15, 0.2) is 0 Å². The van der Waals surface area contributed by atoms with Gasteiger partial charge < -0.3 is 15.1 Å². The van der Waals surface area contributed by atoms with E-state index in [1.54, 1.807) is 0 Å². The van der Waals surface area contributed by atoms with Gasteiger partial charge in [0.05, 0.1) is 6.04 Å². The van der Waals surface area contributed by atoms with E-state index in [0.29, 0.717) is 6.04 Å². The van der Waals surface area contributed by atoms with E-state index in [2.05, 4.69) is 10.2 Å². The third-order valence-corrected chi connectivity index (χ3v) is 4.42. The minimum absolute atomic E-state index is 0.0743. The van der Waals surface area contributed by atoms with Crippen molar-refractivity contribution in [1.82, 2.24) is 15.1 Å². The monoisotopic (exact) mass is 253 g/mol. The van der Waals surface area contributed by atoms with E-state index < -0.39 is 0 Å². The van der Waals surface area contributed by atoms with E-state index in [0.717, 1.165) is 25.4 Å². The number of amides is 1. The first-order valence-corrected chi connectivity index (χ1v) is 7.23. The summed E-state index contributed by atoms with van der Waals surface area (Å²) in [7, 11) is 6.01. The average Bonchev–Trinajstić information content (AvgIpc) is 2.78. The Morgan fingerprint density at radius 3 is 2.56 bits per heavy atom. The summed E-state index contributed by atoms with van der Waals surface area (Å²) in [6, 6.07) is 0.681. The number of carbonyl (C=O) groups excluding carboxylic acids is 1. The molecule has 1 saturated carbocycles. The maximum absolute atomic E-state index is 12.3. The first-order valence-electron chi connectivity index (χ1n) is 7.23. The highest BCUT2D eigenvalue weighted by Gasteiger charge is 2.38. The van der Waals surface area contributed by atoms with Crippen LogP contribution in [0.3, 0.4) is 0 Å². The van der Waals surface area contributed by atoms with Gasteiger partial charge in [0.2, 0.25) is 5.91 Å². The van der Waals surface area contributed by atoms with Gasteiger partial charge in [-0.1, -0.05) is 12.8 Å². The smallest absolute Gasteiger partial charge is 0.239 e. The fourth-order valence-electron chi connectivity index (χ4n) is 3.24. The van der Waals surface area contributed by atoms with E-state index in [1.807, 2.05) is 26.0 Å². The van der Waals surface area contributed by atoms with Gasteiger partial charge in [0.1, 0.15) is 0 Å². The quantitative estimate of drug-likeness (QED) is 0.809. The van der Waals surface area contributed by atoms with E-state index in [4.69, 9.17) is 0 Å². The fraction of sp³-hybridized carbons (Fsp3) is 0.929. The Kier molecular flexibility index (Phi) is 4.62. The lowest BCUT2D eigenvalue weighted by atomic mass is 9.85. The molecule has 1 aliphatic carbocycles. The number of likely N-dealkylation sites (N-methyl/N-ethyl adjacent to an activating group) is 2. The van der Waals surface area contributed by atoms with Gasteiger partial charge in [-0.3, -0.25) is 4.79 Å². The number of fused-ring (bicyclic) bond motifs is 1. The molecule has 0 spiro atoms. The summed E-state index contributed by atoms with van der Waals surface area (Å²) in [4.78, 5) is 16.3. The predicted molar refractivity (Wildman–Crippen MR) is 73.5 cm³/mol. The summed E-state index contributed by atoms with van der Waals surface area (Å²) in [6.07, 6.45) is 6.29. The Morgan fingerprint density at radius 2 is 1.89 bits per heavy atom. The van der Waals surface area contributed by atoms with E-state index in [9.17, 15) is 4.79 Å². The van der Waals surface area contributed by atoms with Crippen molar-refractivity contribution in [3.05, 3.63) is 0 Å². The number of nitrogens with zero attached hydrogens (tertiary/aromatic N) is 2. The molecule has 0 aromatic heterocycles. The maximum atomic E-state index is 12.3. The lowest BCUT2D eigenvalue weighted by Gasteiger charge is -2.24. The molecule has 1 saturated heterocycles. The lowest BCUT2D eigenvalue weighted by molar-refractivity contribution is -0.132. The molecule has 0 aromatic rings. The Balaban J connectivity index is 1.82. The van der Waals surface area contributed by atoms with Crippen LogP contribution in [-0.4, -0.2) is 62.0 Å². The fourth-order valence-corrected chi connectivity index (χ4v) is 3.24. The van der Waals surface area contributed by atoms with E-state index in [-0.39, 0.29) is 11.9 Å². The van der Waals surface area contributed by atoms with Crippen molar-refractivity contribution in [3.63, 3.8) is 0 Å². The third-order valence-electron chi connectivity index (χ3n) is 4.42. The molecule has 0 radical (unpaired) electrons. The summed E-state index contributed by atoms with van der Waals surface area (Å²) in [5, 5.41) is 3.56. The predicted octanol–water partition coefficient (Wildman–Crippen LogP) is 0.927. The molecule has 2 rings (SSSR count). The lowest BCUT2D eigenvalue weighted by Crippen LogP contribution is -2.45. The van der Waals surface area contributed by atoms with Crippen LogP contribution in [-0.2, 0) is 4.79 Å². The zero-order valence-electron chi connectivity index (χ0n) is 12.0. The van der Waals surface area contributed by atoms with Gasteiger partial charge in [0, 0.05) is 26.2 Å². The van der Waals surface area contributed by atoms with Gasteiger partial charge in [-0.15, -0.1) is 0 Å². The van der Waals surface area contributed by atoms with Crippen LogP contribution in [0.25, 0.3) is 0 Å². The summed E-state index contributed by atoms with van der Waals surface area (Å²) >= 11 is 0. The Morgan fingerprint density at radius 1 is 1.17 bits per heavy atom. The highest BCUT2D eigenvalue weighted by atomic mass is 16.2. The second-order valence-corrected chi connectivity index (χ2v) is 6.17. The average molecular weight is 253 g/mol. The molecule has 4 nitrogen and oxygen atoms in total. The molecule has 0 bridgehead atoms. The molecule has 3 atom stereocenters. The minimum atomic E-state index is 0.0743. The van der Waals surface area contributed by atoms with Crippen molar-refractivity contribution >= 4 is 5.91 Å². The second-order valence-electron chi connectivity index (χ2n) is 6.17. The van der Waals surface area contributed by atoms with E-state index >= 15 is 0 Å². The molecule has 104 valence electrons. The summed E-state index contributed by atoms with van der Waals surface area (Å²) in [5.41, 5.74) is 0. The van der Waals surface area contributed by atoms with Crippen molar-refractivity contribution in [2.24, 2.45) is 5.92 Å². The molecule has 18 heavy (non-hydrogen) atoms. The normalized spacial score (nSPS) is 31.4. The molecule has 1 heterocycles. The zero-order valence-corrected chi connectivity index (χ0v) is 12.0. The van der Waals surface area contributed by atoms with E-state index in [1.165, 1.54) is 25.7 Å². The molecular formula is C14H27N3O. The molecule has 2 aliphatic rings. The Hall–Kier alpha value is -0.610. The van der Waals surface area contributed by atoms with Crippen molar-refractivity contribution in [3.8, 4) is 0 Å². The number of hydrogen-bond donors (Lipinski definition) is 1. The van der Waals surface area contributed by atoms with Crippen LogP contribution >= 0.6 is 0 Å². The number of rotatable bonds is 4. The van der Waals surface area contributed by atoms with Crippen molar-refractivity contribution in [1.29, 1.82) is 0 Å². The first-order chi connectivity index (χ1) is 8.58. The van der Waals surface area contributed by atoms with Crippen LogP contribution in [0.2, 0.25) is 0 Å². The van der Waals surface area contributed by atoms with Crippen LogP contribution < -0.4 is 5.32 Å². The topological polar surface area (TPSA) is 35.6 Å². The SMILES string of the molecule is CN(C)CCN(C)C(=O)C1CC2CCCCC2N1. The van der Waals surface area contributed by atoms with Gasteiger partial charge in [-0.25, -0.2) is 0 Å². The van der Waals surface area contributed by atoms with Crippen LogP contribution in [0, 0.1) is 5.92 Å². The second kappa shape index (κ2) is 6.02. The first kappa shape index (κ1) is 13.8. The molecule has 2 fully saturated rings. The van der Waals surface area contributed by atoms with Gasteiger partial charge in [0.15, 0.2) is 0 Å². The molecule has 1 aliphatic heterocycles. The van der Waals surface area contributed by atoms with Gasteiger partial charge in [-0.2, -0.15) is 0 Å². The minimum Gasteiger partial charge on any atom is -0.343 e. The standard InChI is InChI=1S/C14H27N3O/c1-16(2)8-9-17(3)14(18)13-10-11-6-4-5-7-12(11)15-13/h11-13,15H,4-10H2,1-3H3. The number of hydrogen-bond acceptors (Lipinski definition) is 3. The van der Waals surface area contributed by atoms with Crippen molar-refractivity contribution < 1.29 is 4.79 Å². The Bertz CT molecular complexity index is 279. The third kappa shape index (κ3) is 3.23. The Labute approximate surface area is 111 Å². The molecule has 1 amide bonds. The number of nitrogens with one attached hydrogen (secondary N) is 1. The largest absolute Gasteiger partial charge is 0.343 e. The molecular weight excluding hydrogens is 226 g/mol. The van der Waals surface area contributed by atoms with Crippen LogP contribution in [0.1, 0.15) is 32.1 Å². The van der Waals surface area contributed by atoms with Gasteiger partial charge in [-0.05, 0) is 39.3 Å². The highest BCUT2D eigenvalue weighted by molar-refractivity contribution is 5.82. The van der Waals surface area contributed by atoms with Gasteiger partial charge in [0.25, 0.3) is 0 Å². The molecule has 1 N–H and O–H groups in total. The van der Waals surface area contributed by atoms with Crippen LogP contribution in [0.4, 0.5) is 0 Å². The number of carbonyl (C=O) groups is 1.